The van der Waals surface area contributed by atoms with Gasteiger partial charge in [0, 0.05) is 12.6 Å². The normalized spacial score (nSPS) is 14.6. The van der Waals surface area contributed by atoms with Crippen LogP contribution in [0.25, 0.3) is 0 Å². The molecular formula is C15H32N2O. The number of carbonyl (C=O) groups excluding carboxylic acids is 1. The zero-order valence-electron chi connectivity index (χ0n) is 12.9. The third-order valence-electron chi connectivity index (χ3n) is 3.19. The maximum absolute atomic E-state index is 11.8. The van der Waals surface area contributed by atoms with E-state index < -0.39 is 0 Å². The highest BCUT2D eigenvalue weighted by Gasteiger charge is 2.14. The number of rotatable bonds is 10. The van der Waals surface area contributed by atoms with E-state index in [0.717, 1.165) is 19.4 Å². The summed E-state index contributed by atoms with van der Waals surface area (Å²) in [5.41, 5.74) is 0. The highest BCUT2D eigenvalue weighted by Crippen LogP contribution is 2.03. The molecule has 1 amide bonds. The van der Waals surface area contributed by atoms with Crippen molar-refractivity contribution >= 4 is 5.91 Å². The zero-order valence-corrected chi connectivity index (χ0v) is 12.9. The van der Waals surface area contributed by atoms with Gasteiger partial charge in [0.2, 0.25) is 5.91 Å². The summed E-state index contributed by atoms with van der Waals surface area (Å²) in [6.07, 6.45) is 5.97. The summed E-state index contributed by atoms with van der Waals surface area (Å²) in [5.74, 6) is 0.763. The summed E-state index contributed by atoms with van der Waals surface area (Å²) < 4.78 is 0. The fourth-order valence-electron chi connectivity index (χ4n) is 1.92. The summed E-state index contributed by atoms with van der Waals surface area (Å²) in [5, 5.41) is 6.35. The van der Waals surface area contributed by atoms with Gasteiger partial charge in [-0.25, -0.2) is 0 Å². The van der Waals surface area contributed by atoms with Crippen molar-refractivity contribution < 1.29 is 4.79 Å². The summed E-state index contributed by atoms with van der Waals surface area (Å²) >= 11 is 0. The number of nitrogens with one attached hydrogen (secondary N) is 2. The number of amides is 1. The van der Waals surface area contributed by atoms with Crippen LogP contribution in [0, 0.1) is 5.92 Å². The van der Waals surface area contributed by atoms with Crippen molar-refractivity contribution in [2.45, 2.75) is 78.8 Å². The predicted octanol–water partition coefficient (Wildman–Crippen LogP) is 3.10. The summed E-state index contributed by atoms with van der Waals surface area (Å²) in [6, 6.07) is 0.330. The van der Waals surface area contributed by atoms with Crippen LogP contribution < -0.4 is 10.6 Å². The molecule has 3 heteroatoms. The first kappa shape index (κ1) is 17.4. The van der Waals surface area contributed by atoms with Crippen LogP contribution in [0.4, 0.5) is 0 Å². The van der Waals surface area contributed by atoms with Crippen molar-refractivity contribution in [1.29, 1.82) is 0 Å². The largest absolute Gasteiger partial charge is 0.355 e. The van der Waals surface area contributed by atoms with Crippen LogP contribution in [0.5, 0.6) is 0 Å². The molecule has 0 rings (SSSR count). The first-order chi connectivity index (χ1) is 8.47. The van der Waals surface area contributed by atoms with Crippen molar-refractivity contribution in [3.8, 4) is 0 Å². The first-order valence-corrected chi connectivity index (χ1v) is 7.51. The minimum atomic E-state index is -0.0891. The van der Waals surface area contributed by atoms with Crippen LogP contribution in [0.2, 0.25) is 0 Å². The van der Waals surface area contributed by atoms with Gasteiger partial charge < -0.3 is 10.6 Å². The Kier molecular flexibility index (Phi) is 10.0. The molecule has 0 spiro atoms. The van der Waals surface area contributed by atoms with E-state index in [-0.39, 0.29) is 11.9 Å². The Morgan fingerprint density at radius 2 is 1.72 bits per heavy atom. The lowest BCUT2D eigenvalue weighted by atomic mass is 10.1. The molecule has 2 unspecified atom stereocenters. The fourth-order valence-corrected chi connectivity index (χ4v) is 1.92. The maximum Gasteiger partial charge on any atom is 0.236 e. The number of carbonyl (C=O) groups is 1. The van der Waals surface area contributed by atoms with E-state index >= 15 is 0 Å². The Morgan fingerprint density at radius 3 is 2.28 bits per heavy atom. The summed E-state index contributed by atoms with van der Waals surface area (Å²) in [6.45, 7) is 11.4. The van der Waals surface area contributed by atoms with E-state index in [4.69, 9.17) is 0 Å². The lowest BCUT2D eigenvalue weighted by molar-refractivity contribution is -0.122. The van der Waals surface area contributed by atoms with E-state index in [0.29, 0.717) is 12.0 Å². The molecule has 0 saturated carbocycles. The van der Waals surface area contributed by atoms with Crippen molar-refractivity contribution in [1.82, 2.24) is 10.6 Å². The van der Waals surface area contributed by atoms with E-state index in [1.165, 1.54) is 19.3 Å². The molecule has 108 valence electrons. The first-order valence-electron chi connectivity index (χ1n) is 7.51. The van der Waals surface area contributed by atoms with Gasteiger partial charge in [0.1, 0.15) is 0 Å². The molecular weight excluding hydrogens is 224 g/mol. The van der Waals surface area contributed by atoms with Gasteiger partial charge in [-0.3, -0.25) is 4.79 Å². The fraction of sp³-hybridized carbons (Fsp3) is 0.933. The molecule has 0 aliphatic rings. The summed E-state index contributed by atoms with van der Waals surface area (Å²) in [7, 11) is 0. The van der Waals surface area contributed by atoms with Gasteiger partial charge in [0.25, 0.3) is 0 Å². The predicted molar refractivity (Wildman–Crippen MR) is 78.7 cm³/mol. The Bertz CT molecular complexity index is 217. The van der Waals surface area contributed by atoms with Crippen LogP contribution in [-0.2, 0) is 4.79 Å². The number of hydrogen-bond donors (Lipinski definition) is 2. The smallest absolute Gasteiger partial charge is 0.236 e. The van der Waals surface area contributed by atoms with Crippen molar-refractivity contribution in [3.05, 3.63) is 0 Å². The van der Waals surface area contributed by atoms with Gasteiger partial charge in [0.15, 0.2) is 0 Å². The average molecular weight is 256 g/mol. The monoisotopic (exact) mass is 256 g/mol. The SMILES string of the molecule is CCCCCC(C)NC(C)C(=O)NCCC(C)C. The average Bonchev–Trinajstić information content (AvgIpc) is 2.28. The van der Waals surface area contributed by atoms with Gasteiger partial charge >= 0.3 is 0 Å². The molecule has 0 aromatic heterocycles. The molecule has 0 heterocycles. The highest BCUT2D eigenvalue weighted by atomic mass is 16.2. The molecule has 18 heavy (non-hydrogen) atoms. The highest BCUT2D eigenvalue weighted by molar-refractivity contribution is 5.81. The second-order valence-electron chi connectivity index (χ2n) is 5.76. The van der Waals surface area contributed by atoms with Crippen molar-refractivity contribution in [3.63, 3.8) is 0 Å². The molecule has 2 atom stereocenters. The second kappa shape index (κ2) is 10.4. The lowest BCUT2D eigenvalue weighted by Gasteiger charge is -2.19. The maximum atomic E-state index is 11.8. The minimum Gasteiger partial charge on any atom is -0.355 e. The minimum absolute atomic E-state index is 0.0891. The van der Waals surface area contributed by atoms with Crippen LogP contribution >= 0.6 is 0 Å². The number of unbranched alkanes of at least 4 members (excludes halogenated alkanes) is 2. The molecule has 0 aliphatic heterocycles. The van der Waals surface area contributed by atoms with Crippen LogP contribution in [-0.4, -0.2) is 24.5 Å². The topological polar surface area (TPSA) is 41.1 Å². The van der Waals surface area contributed by atoms with E-state index in [1.807, 2.05) is 6.92 Å². The second-order valence-corrected chi connectivity index (χ2v) is 5.76. The third-order valence-corrected chi connectivity index (χ3v) is 3.19. The molecule has 0 aromatic carbocycles. The molecule has 0 bridgehead atoms. The molecule has 0 saturated heterocycles. The standard InChI is InChI=1S/C15H32N2O/c1-6-7-8-9-13(4)17-14(5)15(18)16-11-10-12(2)3/h12-14,17H,6-11H2,1-5H3,(H,16,18). The Hall–Kier alpha value is -0.570. The van der Waals surface area contributed by atoms with Gasteiger partial charge in [-0.1, -0.05) is 40.0 Å². The van der Waals surface area contributed by atoms with Crippen LogP contribution in [0.1, 0.15) is 66.7 Å². The quantitative estimate of drug-likeness (QED) is 0.590. The third kappa shape index (κ3) is 9.46. The summed E-state index contributed by atoms with van der Waals surface area (Å²) in [4.78, 5) is 11.8. The zero-order chi connectivity index (χ0) is 14.0. The molecule has 0 radical (unpaired) electrons. The van der Waals surface area contributed by atoms with Gasteiger partial charge in [-0.2, -0.15) is 0 Å². The molecule has 0 fully saturated rings. The Balaban J connectivity index is 3.71. The Labute approximate surface area is 113 Å². The Morgan fingerprint density at radius 1 is 1.06 bits per heavy atom. The van der Waals surface area contributed by atoms with Crippen LogP contribution in [0.3, 0.4) is 0 Å². The molecule has 3 nitrogen and oxygen atoms in total. The van der Waals surface area contributed by atoms with Crippen LogP contribution in [0.15, 0.2) is 0 Å². The molecule has 0 aliphatic carbocycles. The van der Waals surface area contributed by atoms with E-state index in [2.05, 4.69) is 38.3 Å². The molecule has 0 aromatic rings. The van der Waals surface area contributed by atoms with Gasteiger partial charge in [-0.05, 0) is 32.6 Å². The van der Waals surface area contributed by atoms with Gasteiger partial charge in [0.05, 0.1) is 6.04 Å². The van der Waals surface area contributed by atoms with E-state index in [9.17, 15) is 4.79 Å². The van der Waals surface area contributed by atoms with E-state index in [1.54, 1.807) is 0 Å². The lowest BCUT2D eigenvalue weighted by Crippen LogP contribution is -2.46. The van der Waals surface area contributed by atoms with Crippen molar-refractivity contribution in [2.75, 3.05) is 6.54 Å². The number of hydrogen-bond acceptors (Lipinski definition) is 2. The van der Waals surface area contributed by atoms with Crippen molar-refractivity contribution in [2.24, 2.45) is 5.92 Å². The van der Waals surface area contributed by atoms with Gasteiger partial charge in [-0.15, -0.1) is 0 Å². The molecule has 2 N–H and O–H groups in total.